The van der Waals surface area contributed by atoms with Gasteiger partial charge >= 0.3 is 0 Å². The van der Waals surface area contributed by atoms with Gasteiger partial charge in [0.05, 0.1) is 30.7 Å². The zero-order valence-corrected chi connectivity index (χ0v) is 33.3. The van der Waals surface area contributed by atoms with Crippen molar-refractivity contribution in [2.24, 2.45) is 88.8 Å². The van der Waals surface area contributed by atoms with Crippen LogP contribution in [0.3, 0.4) is 0 Å². The first-order chi connectivity index (χ1) is 25.8. The first-order valence-electron chi connectivity index (χ1n) is 24.7. The van der Waals surface area contributed by atoms with E-state index in [-0.39, 0.29) is 0 Å². The van der Waals surface area contributed by atoms with Gasteiger partial charge in [-0.3, -0.25) is 16.0 Å². The molecular weight excluding hydrogens is 635 g/mol. The fourth-order valence-corrected chi connectivity index (χ4v) is 18.0. The molecule has 11 fully saturated rings. The fourth-order valence-electron chi connectivity index (χ4n) is 18.0. The molecule has 4 nitrogen and oxygen atoms in total. The van der Waals surface area contributed by atoms with E-state index < -0.39 is 0 Å². The third-order valence-electron chi connectivity index (χ3n) is 20.0. The van der Waals surface area contributed by atoms with Gasteiger partial charge in [0.2, 0.25) is 0 Å². The lowest BCUT2D eigenvalue weighted by Gasteiger charge is -2.54. The highest BCUT2D eigenvalue weighted by atomic mass is 16.5. The molecule has 0 radical (unpaired) electrons. The molecule has 0 aromatic carbocycles. The number of fused-ring (bicyclic) bond motifs is 9. The van der Waals surface area contributed by atoms with Crippen LogP contribution in [0, 0.1) is 88.8 Å². The van der Waals surface area contributed by atoms with E-state index >= 15 is 0 Å². The quantitative estimate of drug-likeness (QED) is 0.271. The molecule has 11 aliphatic rings. The summed E-state index contributed by atoms with van der Waals surface area (Å²) in [5.74, 6) is 14.4. The highest BCUT2D eigenvalue weighted by Gasteiger charge is 2.61. The number of rotatable bonds is 4. The largest absolute Gasteiger partial charge is 0.374 e. The van der Waals surface area contributed by atoms with Crippen LogP contribution in [0.4, 0.5) is 0 Å². The second-order valence-electron chi connectivity index (χ2n) is 22.1. The Kier molecular flexibility index (Phi) is 10.1. The zero-order chi connectivity index (χ0) is 34.2. The second kappa shape index (κ2) is 15.0. The van der Waals surface area contributed by atoms with Crippen molar-refractivity contribution in [3.63, 3.8) is 0 Å². The van der Waals surface area contributed by atoms with Gasteiger partial charge in [0.1, 0.15) is 0 Å². The van der Waals surface area contributed by atoms with Crippen LogP contribution in [0.25, 0.3) is 0 Å². The van der Waals surface area contributed by atoms with Crippen LogP contribution in [0.2, 0.25) is 0 Å². The average molecular weight is 714 g/mol. The van der Waals surface area contributed by atoms with E-state index in [0.717, 1.165) is 88.8 Å². The fraction of sp³-hybridized carbons (Fsp3) is 1.00. The van der Waals surface area contributed by atoms with Crippen LogP contribution in [-0.2, 0) is 4.74 Å². The summed E-state index contributed by atoms with van der Waals surface area (Å²) in [6, 6.07) is 0. The molecule has 0 amide bonds. The second-order valence-corrected chi connectivity index (χ2v) is 22.1. The van der Waals surface area contributed by atoms with E-state index in [2.05, 4.69) is 16.0 Å². The summed E-state index contributed by atoms with van der Waals surface area (Å²) in [6.07, 6.45) is 44.7. The van der Waals surface area contributed by atoms with Crippen molar-refractivity contribution in [1.82, 2.24) is 16.0 Å². The Balaban J connectivity index is 0.857. The SMILES string of the molecule is C1CCC(C2NC(C3CCCCC3)NC(C3CC4C5CC(C6C7CCCCC7C7CC8CCCCC8CC76)CCC5OC4C4CCCCC34)N2)CC1. The van der Waals surface area contributed by atoms with Gasteiger partial charge in [-0.15, -0.1) is 0 Å². The highest BCUT2D eigenvalue weighted by Crippen LogP contribution is 2.65. The number of hydrogen-bond donors (Lipinski definition) is 3. The monoisotopic (exact) mass is 714 g/mol. The van der Waals surface area contributed by atoms with Gasteiger partial charge in [0, 0.05) is 0 Å². The van der Waals surface area contributed by atoms with Gasteiger partial charge in [-0.05, 0) is 179 Å². The Hall–Kier alpha value is -0.160. The molecule has 52 heavy (non-hydrogen) atoms. The smallest absolute Gasteiger partial charge is 0.0641 e. The number of ether oxygens (including phenoxy) is 1. The number of nitrogens with one attached hydrogen (secondary N) is 3. The molecule has 2 heterocycles. The topological polar surface area (TPSA) is 45.3 Å². The molecule has 0 bridgehead atoms. The molecule has 0 aromatic heterocycles. The minimum atomic E-state index is 0.495. The van der Waals surface area contributed by atoms with Gasteiger partial charge in [0.25, 0.3) is 0 Å². The third kappa shape index (κ3) is 6.26. The van der Waals surface area contributed by atoms with E-state index in [1.807, 2.05) is 0 Å². The number of hydrogen-bond acceptors (Lipinski definition) is 4. The van der Waals surface area contributed by atoms with Gasteiger partial charge in [-0.25, -0.2) is 0 Å². The third-order valence-corrected chi connectivity index (χ3v) is 20.0. The Morgan fingerprint density at radius 2 is 0.788 bits per heavy atom. The van der Waals surface area contributed by atoms with Crippen LogP contribution in [-0.4, -0.2) is 30.7 Å². The molecule has 2 aliphatic heterocycles. The zero-order valence-electron chi connectivity index (χ0n) is 33.3. The lowest BCUT2D eigenvalue weighted by atomic mass is 9.56. The molecule has 17 atom stereocenters. The molecule has 9 saturated carbocycles. The predicted octanol–water partition coefficient (Wildman–Crippen LogP) is 10.8. The van der Waals surface area contributed by atoms with E-state index in [1.165, 1.54) is 122 Å². The van der Waals surface area contributed by atoms with Crippen molar-refractivity contribution in [1.29, 1.82) is 0 Å². The molecule has 9 aliphatic carbocycles. The molecule has 0 spiro atoms. The summed E-state index contributed by atoms with van der Waals surface area (Å²) in [7, 11) is 0. The maximum Gasteiger partial charge on any atom is 0.0641 e. The van der Waals surface area contributed by atoms with Crippen LogP contribution in [0.5, 0.6) is 0 Å². The van der Waals surface area contributed by atoms with Crippen molar-refractivity contribution < 1.29 is 4.74 Å². The van der Waals surface area contributed by atoms with Crippen LogP contribution < -0.4 is 16.0 Å². The van der Waals surface area contributed by atoms with Gasteiger partial charge in [-0.1, -0.05) is 89.9 Å². The molecule has 2 saturated heterocycles. The maximum atomic E-state index is 7.45. The normalized spacial score (nSPS) is 54.2. The van der Waals surface area contributed by atoms with Gasteiger partial charge in [-0.2, -0.15) is 0 Å². The van der Waals surface area contributed by atoms with Gasteiger partial charge < -0.3 is 4.74 Å². The van der Waals surface area contributed by atoms with E-state index in [0.29, 0.717) is 30.7 Å². The van der Waals surface area contributed by atoms with Crippen LogP contribution in [0.1, 0.15) is 180 Å². The summed E-state index contributed by atoms with van der Waals surface area (Å²) in [5, 5.41) is 13.1. The first kappa shape index (κ1) is 35.0. The Labute approximate surface area is 319 Å². The van der Waals surface area contributed by atoms with E-state index in [1.54, 1.807) is 57.8 Å². The maximum absolute atomic E-state index is 7.45. The molecule has 4 heteroatoms. The van der Waals surface area contributed by atoms with Crippen molar-refractivity contribution in [2.45, 2.75) is 210 Å². The standard InChI is InChI=1S/C48H79N3O/c1-3-13-29(14-4-1)46-49-47(30-15-5-2-6-16-30)51-48(50-46)42-28-41-39-27-33(23-24-43(39)52-45(41)37-22-12-10-20-35(37)42)44-36-21-11-9-19-34(36)38-25-31-17-7-8-18-32(31)26-40(38)44/h29-51H,1-28H2. The summed E-state index contributed by atoms with van der Waals surface area (Å²) in [5.41, 5.74) is 0. The Bertz CT molecular complexity index is 1190. The average Bonchev–Trinajstić information content (AvgIpc) is 3.75. The minimum Gasteiger partial charge on any atom is -0.374 e. The van der Waals surface area contributed by atoms with Crippen LogP contribution in [0.15, 0.2) is 0 Å². The molecule has 11 rings (SSSR count). The lowest BCUT2D eigenvalue weighted by molar-refractivity contribution is -0.0883. The Morgan fingerprint density at radius 1 is 0.288 bits per heavy atom. The molecule has 0 aromatic rings. The predicted molar refractivity (Wildman–Crippen MR) is 211 cm³/mol. The van der Waals surface area contributed by atoms with E-state index in [9.17, 15) is 0 Å². The molecule has 3 N–H and O–H groups in total. The van der Waals surface area contributed by atoms with E-state index in [4.69, 9.17) is 4.74 Å². The van der Waals surface area contributed by atoms with Crippen molar-refractivity contribution in [3.8, 4) is 0 Å². The van der Waals surface area contributed by atoms with Crippen molar-refractivity contribution in [3.05, 3.63) is 0 Å². The first-order valence-corrected chi connectivity index (χ1v) is 24.7. The summed E-state index contributed by atoms with van der Waals surface area (Å²) >= 11 is 0. The lowest BCUT2D eigenvalue weighted by Crippen LogP contribution is -2.73. The highest BCUT2D eigenvalue weighted by molar-refractivity contribution is 5.10. The molecule has 17 unspecified atom stereocenters. The molecular formula is C48H79N3O. The van der Waals surface area contributed by atoms with Crippen LogP contribution >= 0.6 is 0 Å². The van der Waals surface area contributed by atoms with Gasteiger partial charge in [0.15, 0.2) is 0 Å². The molecule has 292 valence electrons. The van der Waals surface area contributed by atoms with Crippen molar-refractivity contribution >= 4 is 0 Å². The minimum absolute atomic E-state index is 0.495. The van der Waals surface area contributed by atoms with Crippen molar-refractivity contribution in [2.75, 3.05) is 0 Å². The summed E-state index contributed by atoms with van der Waals surface area (Å²) in [4.78, 5) is 0. The Morgan fingerprint density at radius 3 is 1.46 bits per heavy atom. The summed E-state index contributed by atoms with van der Waals surface area (Å²) < 4.78 is 7.45. The summed E-state index contributed by atoms with van der Waals surface area (Å²) in [6.45, 7) is 0.